The van der Waals surface area contributed by atoms with E-state index in [4.69, 9.17) is 4.74 Å². The van der Waals surface area contributed by atoms with Gasteiger partial charge in [0, 0.05) is 24.5 Å². The Bertz CT molecular complexity index is 985. The zero-order valence-corrected chi connectivity index (χ0v) is 16.7. The molecule has 1 aromatic rings. The van der Waals surface area contributed by atoms with Gasteiger partial charge in [-0.1, -0.05) is 31.2 Å². The van der Waals surface area contributed by atoms with Gasteiger partial charge >= 0.3 is 0 Å². The summed E-state index contributed by atoms with van der Waals surface area (Å²) in [5.74, 6) is -0.257. The van der Waals surface area contributed by atoms with E-state index in [0.29, 0.717) is 5.56 Å². The summed E-state index contributed by atoms with van der Waals surface area (Å²) in [5, 5.41) is 3.31. The maximum absolute atomic E-state index is 14.2. The van der Waals surface area contributed by atoms with E-state index in [2.05, 4.69) is 30.5 Å². The van der Waals surface area contributed by atoms with Gasteiger partial charge in [0.2, 0.25) is 0 Å². The van der Waals surface area contributed by atoms with E-state index in [9.17, 15) is 9.18 Å². The quantitative estimate of drug-likeness (QED) is 0.832. The van der Waals surface area contributed by atoms with E-state index in [1.165, 1.54) is 18.7 Å². The summed E-state index contributed by atoms with van der Waals surface area (Å²) in [4.78, 5) is 14.8. The number of allylic oxidation sites excluding steroid dienone is 5. The molecule has 150 valence electrons. The summed E-state index contributed by atoms with van der Waals surface area (Å²) in [5.41, 5.74) is 4.74. The van der Waals surface area contributed by atoms with E-state index in [1.807, 2.05) is 12.3 Å². The number of carbonyl (C=O) groups excluding carboxylic acids is 1. The summed E-state index contributed by atoms with van der Waals surface area (Å²) >= 11 is 0. The monoisotopic (exact) mass is 392 g/mol. The maximum Gasteiger partial charge on any atom is 0.255 e. The molecule has 0 radical (unpaired) electrons. The second kappa shape index (κ2) is 8.21. The molecule has 3 aliphatic rings. The molecule has 4 nitrogen and oxygen atoms in total. The zero-order valence-electron chi connectivity index (χ0n) is 16.7. The van der Waals surface area contributed by atoms with Gasteiger partial charge in [-0.05, 0) is 65.8 Å². The largest absolute Gasteiger partial charge is 0.494 e. The second-order valence-electron chi connectivity index (χ2n) is 7.52. The van der Waals surface area contributed by atoms with Gasteiger partial charge in [0.1, 0.15) is 0 Å². The average molecular weight is 392 g/mol. The van der Waals surface area contributed by atoms with E-state index in [0.717, 1.165) is 42.8 Å². The lowest BCUT2D eigenvalue weighted by Crippen LogP contribution is -2.28. The Morgan fingerprint density at radius 3 is 2.83 bits per heavy atom. The summed E-state index contributed by atoms with van der Waals surface area (Å²) in [6, 6.07) is 4.85. The number of amides is 1. The number of methoxy groups -OCH3 is 1. The number of fused-ring (bicyclic) bond motifs is 1. The first-order chi connectivity index (χ1) is 14.1. The Morgan fingerprint density at radius 2 is 2.10 bits per heavy atom. The molecule has 5 heteroatoms. The highest BCUT2D eigenvalue weighted by Gasteiger charge is 2.24. The Balaban J connectivity index is 1.68. The molecule has 29 heavy (non-hydrogen) atoms. The van der Waals surface area contributed by atoms with Crippen molar-refractivity contribution in [3.05, 3.63) is 83.0 Å². The molecular weight excluding hydrogens is 367 g/mol. The third-order valence-corrected chi connectivity index (χ3v) is 5.63. The number of benzene rings is 1. The molecule has 1 N–H and O–H groups in total. The lowest BCUT2D eigenvalue weighted by atomic mass is 9.88. The maximum atomic E-state index is 14.2. The van der Waals surface area contributed by atoms with E-state index in [1.54, 1.807) is 23.1 Å². The fourth-order valence-electron chi connectivity index (χ4n) is 3.93. The topological polar surface area (TPSA) is 41.6 Å². The summed E-state index contributed by atoms with van der Waals surface area (Å²) in [6.45, 7) is 3.85. The number of ether oxygens (including phenoxy) is 1. The van der Waals surface area contributed by atoms with Crippen LogP contribution in [-0.2, 0) is 4.79 Å². The first-order valence-corrected chi connectivity index (χ1v) is 9.95. The molecule has 0 spiro atoms. The molecule has 1 unspecified atom stereocenters. The predicted molar refractivity (Wildman–Crippen MR) is 112 cm³/mol. The van der Waals surface area contributed by atoms with Crippen LogP contribution in [0.25, 0.3) is 5.57 Å². The van der Waals surface area contributed by atoms with Crippen molar-refractivity contribution in [3.8, 4) is 5.75 Å². The predicted octanol–water partition coefficient (Wildman–Crippen LogP) is 4.34. The number of nitrogens with zero attached hydrogens (tertiary/aromatic N) is 1. The van der Waals surface area contributed by atoms with Crippen LogP contribution in [-0.4, -0.2) is 31.0 Å². The highest BCUT2D eigenvalue weighted by molar-refractivity contribution is 5.98. The van der Waals surface area contributed by atoms with Crippen molar-refractivity contribution < 1.29 is 13.9 Å². The van der Waals surface area contributed by atoms with Gasteiger partial charge in [-0.25, -0.2) is 4.39 Å². The fourth-order valence-corrected chi connectivity index (χ4v) is 3.93. The molecule has 1 aromatic carbocycles. The van der Waals surface area contributed by atoms with Crippen molar-refractivity contribution in [2.75, 3.05) is 20.2 Å². The molecule has 0 saturated heterocycles. The highest BCUT2D eigenvalue weighted by Crippen LogP contribution is 2.33. The molecule has 1 amide bonds. The second-order valence-corrected chi connectivity index (χ2v) is 7.52. The van der Waals surface area contributed by atoms with Crippen LogP contribution in [0.5, 0.6) is 5.75 Å². The zero-order chi connectivity index (χ0) is 20.4. The first-order valence-electron chi connectivity index (χ1n) is 9.95. The van der Waals surface area contributed by atoms with Gasteiger partial charge in [-0.15, -0.1) is 0 Å². The van der Waals surface area contributed by atoms with Crippen molar-refractivity contribution in [2.45, 2.75) is 19.8 Å². The number of hydrogen-bond acceptors (Lipinski definition) is 3. The minimum Gasteiger partial charge on any atom is -0.494 e. The molecule has 0 fully saturated rings. The third kappa shape index (κ3) is 3.96. The molecule has 3 aliphatic heterocycles. The summed E-state index contributed by atoms with van der Waals surface area (Å²) in [7, 11) is 1.44. The van der Waals surface area contributed by atoms with E-state index >= 15 is 0 Å². The molecule has 4 rings (SSSR count). The van der Waals surface area contributed by atoms with Crippen LogP contribution in [0, 0.1) is 11.7 Å². The van der Waals surface area contributed by atoms with Crippen LogP contribution in [0.4, 0.5) is 4.39 Å². The average Bonchev–Trinajstić information content (AvgIpc) is 2.75. The fraction of sp³-hybridized carbons (Fsp3) is 0.292. The molecule has 3 heterocycles. The van der Waals surface area contributed by atoms with Gasteiger partial charge < -0.3 is 10.1 Å². The lowest BCUT2D eigenvalue weighted by molar-refractivity contribution is -0.122. The number of nitrogens with one attached hydrogen (secondary N) is 1. The van der Waals surface area contributed by atoms with Crippen LogP contribution in [0.1, 0.15) is 25.3 Å². The number of hydrogen-bond donors (Lipinski definition) is 1. The lowest BCUT2D eigenvalue weighted by Gasteiger charge is -2.28. The van der Waals surface area contributed by atoms with Crippen LogP contribution in [0.3, 0.4) is 0 Å². The first kappa shape index (κ1) is 19.4. The van der Waals surface area contributed by atoms with Crippen molar-refractivity contribution in [2.24, 2.45) is 5.92 Å². The van der Waals surface area contributed by atoms with Gasteiger partial charge in [0.05, 0.1) is 7.11 Å². The van der Waals surface area contributed by atoms with E-state index in [-0.39, 0.29) is 17.6 Å². The molecule has 0 bridgehead atoms. The Labute approximate surface area is 170 Å². The smallest absolute Gasteiger partial charge is 0.255 e. The number of rotatable bonds is 3. The van der Waals surface area contributed by atoms with Crippen LogP contribution in [0.2, 0.25) is 0 Å². The molecule has 1 atom stereocenters. The van der Waals surface area contributed by atoms with Crippen molar-refractivity contribution >= 4 is 11.5 Å². The Kier molecular flexibility index (Phi) is 5.49. The number of carbonyl (C=O) groups is 1. The third-order valence-electron chi connectivity index (χ3n) is 5.63. The minimum absolute atomic E-state index is 0.0901. The molecule has 0 saturated carbocycles. The van der Waals surface area contributed by atoms with Crippen LogP contribution >= 0.6 is 0 Å². The Hall–Kier alpha value is -2.92. The Morgan fingerprint density at radius 1 is 1.24 bits per heavy atom. The standard InChI is InChI=1S/C24H25FN2O2/c1-16-3-6-20-7-4-19(17-9-11-26-12-10-17)15-27(20)24(28)14-21(16)18-5-8-23(29-2)22(25)13-18/h4-9,13-16,26H,3,10-12H2,1-2H3. The van der Waals surface area contributed by atoms with Crippen LogP contribution < -0.4 is 10.1 Å². The molecule has 0 aromatic heterocycles. The minimum atomic E-state index is -0.426. The highest BCUT2D eigenvalue weighted by atomic mass is 19.1. The van der Waals surface area contributed by atoms with Crippen molar-refractivity contribution in [1.29, 1.82) is 0 Å². The van der Waals surface area contributed by atoms with E-state index < -0.39 is 5.82 Å². The van der Waals surface area contributed by atoms with Crippen molar-refractivity contribution in [3.63, 3.8) is 0 Å². The SMILES string of the molecule is COc1ccc(C2=CC(=O)N3C=C(C4=CCNCC4)C=CC3=CCC2C)cc1F. The van der Waals surface area contributed by atoms with Gasteiger partial charge in [-0.2, -0.15) is 0 Å². The van der Waals surface area contributed by atoms with Crippen molar-refractivity contribution in [1.82, 2.24) is 10.2 Å². The molecule has 0 aliphatic carbocycles. The normalized spacial score (nSPS) is 22.0. The van der Waals surface area contributed by atoms with Crippen LogP contribution in [0.15, 0.2) is 71.6 Å². The van der Waals surface area contributed by atoms with Gasteiger partial charge in [0.25, 0.3) is 5.91 Å². The summed E-state index contributed by atoms with van der Waals surface area (Å²) < 4.78 is 19.3. The van der Waals surface area contributed by atoms with Gasteiger partial charge in [-0.3, -0.25) is 9.69 Å². The summed E-state index contributed by atoms with van der Waals surface area (Å²) in [6.07, 6.45) is 13.6. The number of halogens is 1. The molecular formula is C24H25FN2O2. The van der Waals surface area contributed by atoms with Gasteiger partial charge in [0.15, 0.2) is 11.6 Å².